The van der Waals surface area contributed by atoms with Gasteiger partial charge in [-0.05, 0) is 25.7 Å². The molecule has 0 aliphatic carbocycles. The van der Waals surface area contributed by atoms with Crippen molar-refractivity contribution in [3.05, 3.63) is 0 Å². The maximum absolute atomic E-state index is 14.6. The summed E-state index contributed by atoms with van der Waals surface area (Å²) in [6, 6.07) is 0. The quantitative estimate of drug-likeness (QED) is 0.143. The highest BCUT2D eigenvalue weighted by atomic mass is 28.4. The minimum Gasteiger partial charge on any atom is -0.373 e. The summed E-state index contributed by atoms with van der Waals surface area (Å²) in [4.78, 5) is 0. The molecule has 0 spiro atoms. The fourth-order valence-electron chi connectivity index (χ4n) is 2.77. The highest BCUT2D eigenvalue weighted by molar-refractivity contribution is 6.63. The first-order valence-electron chi connectivity index (χ1n) is 9.54. The molecule has 0 aliphatic heterocycles. The van der Waals surface area contributed by atoms with Crippen molar-refractivity contribution in [1.29, 1.82) is 0 Å². The lowest BCUT2D eigenvalue weighted by molar-refractivity contribution is -0.136. The molecule has 176 valence electrons. The molecule has 12 heteroatoms. The van der Waals surface area contributed by atoms with Crippen molar-refractivity contribution in [2.24, 2.45) is 0 Å². The molecule has 0 heterocycles. The minimum absolute atomic E-state index is 0.00899. The van der Waals surface area contributed by atoms with Crippen molar-refractivity contribution in [2.45, 2.75) is 88.5 Å². The van der Waals surface area contributed by atoms with Gasteiger partial charge in [0.05, 0.1) is 0 Å². The van der Waals surface area contributed by atoms with Gasteiger partial charge in [0.15, 0.2) is 0 Å². The zero-order valence-corrected chi connectivity index (χ0v) is 17.7. The number of hydrogen-bond acceptors (Lipinski definition) is 3. The van der Waals surface area contributed by atoms with E-state index in [0.29, 0.717) is 25.7 Å². The van der Waals surface area contributed by atoms with Gasteiger partial charge in [-0.2, -0.15) is 26.3 Å². The maximum atomic E-state index is 14.6. The highest BCUT2D eigenvalue weighted by Crippen LogP contribution is 2.35. The number of alkyl halides is 8. The Balaban J connectivity index is 4.27. The second kappa shape index (κ2) is 13.1. The monoisotopic (exact) mass is 462 g/mol. The normalized spacial score (nSPS) is 13.9. The van der Waals surface area contributed by atoms with E-state index in [1.165, 1.54) is 0 Å². The summed E-state index contributed by atoms with van der Waals surface area (Å²) in [5, 5.41) is 0. The molecule has 3 nitrogen and oxygen atoms in total. The van der Waals surface area contributed by atoms with Crippen molar-refractivity contribution in [1.82, 2.24) is 0 Å². The van der Waals surface area contributed by atoms with Crippen LogP contribution in [0.4, 0.5) is 35.1 Å². The summed E-state index contributed by atoms with van der Waals surface area (Å²) in [7, 11) is -2.31. The van der Waals surface area contributed by atoms with Gasteiger partial charge in [-0.25, -0.2) is 8.78 Å². The molecule has 0 radical (unpaired) electrons. The Kier molecular flexibility index (Phi) is 12.8. The first kappa shape index (κ1) is 28.5. The van der Waals surface area contributed by atoms with E-state index in [-0.39, 0.29) is 32.3 Å². The van der Waals surface area contributed by atoms with Gasteiger partial charge in [0.1, 0.15) is 0 Å². The van der Waals surface area contributed by atoms with Gasteiger partial charge in [-0.3, -0.25) is 0 Å². The van der Waals surface area contributed by atoms with Crippen LogP contribution in [0.15, 0.2) is 0 Å². The SMILES string of the molecule is CO[Si](OC)(OCCCCCCCC(F)(F)F)C(F)(F)CCCCCC(F)(F)F. The number of halogens is 8. The Labute approximate surface area is 167 Å². The molecule has 0 aliphatic rings. The van der Waals surface area contributed by atoms with Gasteiger partial charge >= 0.3 is 26.7 Å². The molecule has 0 fully saturated rings. The smallest absolute Gasteiger partial charge is 0.373 e. The molecule has 0 atom stereocenters. The highest BCUT2D eigenvalue weighted by Gasteiger charge is 2.63. The van der Waals surface area contributed by atoms with E-state index < -0.39 is 46.0 Å². The number of rotatable bonds is 16. The fourth-order valence-corrected chi connectivity index (χ4v) is 4.88. The minimum atomic E-state index is -4.37. The van der Waals surface area contributed by atoms with Crippen molar-refractivity contribution >= 4 is 8.80 Å². The molecule has 0 aromatic rings. The van der Waals surface area contributed by atoms with Crippen LogP contribution in [-0.2, 0) is 13.3 Å². The van der Waals surface area contributed by atoms with Crippen molar-refractivity contribution in [3.8, 4) is 0 Å². The lowest BCUT2D eigenvalue weighted by Gasteiger charge is -2.33. The van der Waals surface area contributed by atoms with E-state index in [9.17, 15) is 35.1 Å². The molecule has 0 saturated carbocycles. The van der Waals surface area contributed by atoms with Crippen LogP contribution in [-0.4, -0.2) is 47.5 Å². The topological polar surface area (TPSA) is 27.7 Å². The van der Waals surface area contributed by atoms with E-state index in [1.807, 2.05) is 0 Å². The Morgan fingerprint density at radius 1 is 0.552 bits per heavy atom. The Hall–Kier alpha value is -0.463. The third kappa shape index (κ3) is 12.7. The maximum Gasteiger partial charge on any atom is 0.574 e. The number of unbranched alkanes of at least 4 members (excludes halogenated alkanes) is 6. The molecule has 0 bridgehead atoms. The molecule has 29 heavy (non-hydrogen) atoms. The van der Waals surface area contributed by atoms with Crippen LogP contribution >= 0.6 is 0 Å². The second-order valence-electron chi connectivity index (χ2n) is 6.83. The first-order valence-corrected chi connectivity index (χ1v) is 11.3. The standard InChI is InChI=1S/C17H30F8O3Si/c1-26-29(27-2,17(24,25)13-9-6-8-12-16(21,22)23)28-14-10-5-3-4-7-11-15(18,19)20/h3-14H2,1-2H3. The molecule has 0 unspecified atom stereocenters. The zero-order chi connectivity index (χ0) is 22.6. The Morgan fingerprint density at radius 3 is 1.38 bits per heavy atom. The van der Waals surface area contributed by atoms with Gasteiger partial charge in [0.2, 0.25) is 0 Å². The van der Waals surface area contributed by atoms with E-state index in [1.54, 1.807) is 0 Å². The average molecular weight is 462 g/mol. The van der Waals surface area contributed by atoms with Gasteiger partial charge in [-0.1, -0.05) is 25.7 Å². The average Bonchev–Trinajstić information content (AvgIpc) is 2.58. The third-order valence-electron chi connectivity index (χ3n) is 4.33. The second-order valence-corrected chi connectivity index (χ2v) is 9.78. The van der Waals surface area contributed by atoms with Crippen LogP contribution in [0.2, 0.25) is 0 Å². The van der Waals surface area contributed by atoms with Crippen molar-refractivity contribution < 1.29 is 48.4 Å². The predicted octanol–water partition coefficient (Wildman–Crippen LogP) is 6.82. The van der Waals surface area contributed by atoms with Gasteiger partial charge in [0, 0.05) is 40.1 Å². The van der Waals surface area contributed by atoms with Crippen molar-refractivity contribution in [2.75, 3.05) is 20.8 Å². The molecule has 0 rings (SSSR count). The Bertz CT molecular complexity index is 426. The van der Waals surface area contributed by atoms with Gasteiger partial charge in [0.25, 0.3) is 0 Å². The molecular formula is C17H30F8O3Si. The molecule has 0 N–H and O–H groups in total. The third-order valence-corrected chi connectivity index (χ3v) is 7.14. The lowest BCUT2D eigenvalue weighted by Crippen LogP contribution is -2.60. The van der Waals surface area contributed by atoms with Gasteiger partial charge < -0.3 is 13.3 Å². The molecule has 0 aromatic carbocycles. The predicted molar refractivity (Wildman–Crippen MR) is 93.6 cm³/mol. The molecule has 0 amide bonds. The summed E-state index contributed by atoms with van der Waals surface area (Å²) < 4.78 is 116. The number of hydrogen-bond donors (Lipinski definition) is 0. The zero-order valence-electron chi connectivity index (χ0n) is 16.7. The summed E-state index contributed by atoms with van der Waals surface area (Å²) in [5.74, 6) is 0. The first-order chi connectivity index (χ1) is 13.3. The van der Waals surface area contributed by atoms with Crippen LogP contribution in [0.3, 0.4) is 0 Å². The molecule has 0 aromatic heterocycles. The lowest BCUT2D eigenvalue weighted by atomic mass is 10.1. The summed E-state index contributed by atoms with van der Waals surface area (Å²) in [6.07, 6.45) is -9.65. The van der Waals surface area contributed by atoms with Gasteiger partial charge in [-0.15, -0.1) is 0 Å². The van der Waals surface area contributed by atoms with E-state index in [2.05, 4.69) is 0 Å². The van der Waals surface area contributed by atoms with Crippen LogP contribution in [0.1, 0.15) is 70.6 Å². The van der Waals surface area contributed by atoms with E-state index in [4.69, 9.17) is 13.3 Å². The summed E-state index contributed by atoms with van der Waals surface area (Å²) in [6.45, 7) is -0.100. The molecular weight excluding hydrogens is 432 g/mol. The fraction of sp³-hybridized carbons (Fsp3) is 1.00. The van der Waals surface area contributed by atoms with Crippen LogP contribution in [0, 0.1) is 0 Å². The van der Waals surface area contributed by atoms with E-state index >= 15 is 0 Å². The van der Waals surface area contributed by atoms with E-state index in [0.717, 1.165) is 14.2 Å². The summed E-state index contributed by atoms with van der Waals surface area (Å²) >= 11 is 0. The van der Waals surface area contributed by atoms with Crippen LogP contribution < -0.4 is 0 Å². The van der Waals surface area contributed by atoms with Crippen molar-refractivity contribution in [3.63, 3.8) is 0 Å². The Morgan fingerprint density at radius 2 is 0.931 bits per heavy atom. The van der Waals surface area contributed by atoms with Crippen LogP contribution in [0.25, 0.3) is 0 Å². The van der Waals surface area contributed by atoms with Crippen LogP contribution in [0.5, 0.6) is 0 Å². The summed E-state index contributed by atoms with van der Waals surface area (Å²) in [5.41, 5.74) is -3.46. The largest absolute Gasteiger partial charge is 0.574 e. The molecule has 0 saturated heterocycles.